The molecule has 0 fully saturated rings. The second-order valence-electron chi connectivity index (χ2n) is 3.92. The number of anilines is 1. The lowest BCUT2D eigenvalue weighted by molar-refractivity contribution is 0.865. The van der Waals surface area contributed by atoms with Crippen LogP contribution >= 0.6 is 11.5 Å². The summed E-state index contributed by atoms with van der Waals surface area (Å²) in [5, 5.41) is 11.3. The van der Waals surface area contributed by atoms with Crippen molar-refractivity contribution in [1.82, 2.24) is 14.8 Å². The molecule has 84 valence electrons. The van der Waals surface area contributed by atoms with Gasteiger partial charge in [0.2, 0.25) is 5.13 Å². The van der Waals surface area contributed by atoms with Gasteiger partial charge in [-0.05, 0) is 22.3 Å². The quantitative estimate of drug-likeness (QED) is 0.883. The molecule has 5 heteroatoms. The molecule has 16 heavy (non-hydrogen) atoms. The van der Waals surface area contributed by atoms with Gasteiger partial charge in [0, 0.05) is 18.1 Å². The summed E-state index contributed by atoms with van der Waals surface area (Å²) in [6.45, 7) is 5.15. The maximum Gasteiger partial charge on any atom is 0.225 e. The predicted octanol–water partition coefficient (Wildman–Crippen LogP) is 2.67. The van der Waals surface area contributed by atoms with E-state index in [0.717, 1.165) is 11.7 Å². The van der Waals surface area contributed by atoms with E-state index in [1.54, 1.807) is 0 Å². The highest BCUT2D eigenvalue weighted by Crippen LogP contribution is 2.15. The molecule has 0 saturated heterocycles. The Balaban J connectivity index is 1.95. The fraction of sp³-hybridized carbons (Fsp3) is 0.364. The van der Waals surface area contributed by atoms with Gasteiger partial charge in [-0.25, -0.2) is 0 Å². The first-order valence-corrected chi connectivity index (χ1v) is 6.01. The van der Waals surface area contributed by atoms with Crippen LogP contribution in [0.3, 0.4) is 0 Å². The van der Waals surface area contributed by atoms with E-state index in [-0.39, 0.29) is 0 Å². The third-order valence-corrected chi connectivity index (χ3v) is 2.94. The maximum atomic E-state index is 3.82. The number of rotatable bonds is 4. The molecule has 0 bridgehead atoms. The van der Waals surface area contributed by atoms with Crippen LogP contribution in [0.5, 0.6) is 0 Å². The van der Waals surface area contributed by atoms with Crippen LogP contribution in [0.15, 0.2) is 24.3 Å². The summed E-state index contributed by atoms with van der Waals surface area (Å²) < 4.78 is 3.69. The van der Waals surface area contributed by atoms with Crippen LogP contribution in [0.25, 0.3) is 0 Å². The van der Waals surface area contributed by atoms with Crippen molar-refractivity contribution < 1.29 is 0 Å². The maximum absolute atomic E-state index is 3.82. The molecular weight excluding hydrogens is 220 g/mol. The molecule has 0 unspecified atom stereocenters. The number of benzene rings is 1. The molecule has 0 spiro atoms. The fourth-order valence-corrected chi connectivity index (χ4v) is 1.76. The normalized spacial score (nSPS) is 10.7. The zero-order chi connectivity index (χ0) is 11.4. The van der Waals surface area contributed by atoms with E-state index in [1.165, 1.54) is 22.7 Å². The number of aromatic nitrogens is 3. The van der Waals surface area contributed by atoms with Crippen LogP contribution in [-0.2, 0) is 6.54 Å². The van der Waals surface area contributed by atoms with E-state index >= 15 is 0 Å². The molecule has 1 N–H and O–H groups in total. The molecule has 1 heterocycles. The third kappa shape index (κ3) is 2.76. The Hall–Kier alpha value is -1.49. The van der Waals surface area contributed by atoms with E-state index in [1.807, 2.05) is 0 Å². The minimum absolute atomic E-state index is 0.578. The lowest BCUT2D eigenvalue weighted by Gasteiger charge is -2.06. The van der Waals surface area contributed by atoms with E-state index in [9.17, 15) is 0 Å². The van der Waals surface area contributed by atoms with Crippen LogP contribution in [-0.4, -0.2) is 14.8 Å². The molecule has 0 aliphatic rings. The second-order valence-corrected chi connectivity index (χ2v) is 4.65. The van der Waals surface area contributed by atoms with E-state index in [4.69, 9.17) is 0 Å². The van der Waals surface area contributed by atoms with Gasteiger partial charge in [0.25, 0.3) is 0 Å². The van der Waals surface area contributed by atoms with E-state index < -0.39 is 0 Å². The SMILES string of the molecule is CC(C)c1ccc(CNc2nnns2)cc1. The largest absolute Gasteiger partial charge is 0.355 e. The molecule has 1 aromatic carbocycles. The Kier molecular flexibility index (Phi) is 3.46. The van der Waals surface area contributed by atoms with Gasteiger partial charge < -0.3 is 5.32 Å². The minimum atomic E-state index is 0.578. The van der Waals surface area contributed by atoms with Crippen molar-refractivity contribution in [3.8, 4) is 0 Å². The molecule has 0 saturated carbocycles. The molecule has 4 nitrogen and oxygen atoms in total. The van der Waals surface area contributed by atoms with Crippen LogP contribution < -0.4 is 5.32 Å². The van der Waals surface area contributed by atoms with Crippen molar-refractivity contribution in [2.75, 3.05) is 5.32 Å². The number of nitrogens with zero attached hydrogens (tertiary/aromatic N) is 3. The first-order chi connectivity index (χ1) is 7.75. The van der Waals surface area contributed by atoms with Crippen LogP contribution in [0, 0.1) is 0 Å². The Bertz CT molecular complexity index is 422. The number of hydrogen-bond donors (Lipinski definition) is 1. The summed E-state index contributed by atoms with van der Waals surface area (Å²) in [4.78, 5) is 0. The van der Waals surface area contributed by atoms with Gasteiger partial charge in [-0.2, -0.15) is 0 Å². The van der Waals surface area contributed by atoms with Gasteiger partial charge in [-0.15, -0.1) is 0 Å². The Morgan fingerprint density at radius 3 is 2.56 bits per heavy atom. The summed E-state index contributed by atoms with van der Waals surface area (Å²) in [7, 11) is 0. The molecule has 2 aromatic rings. The van der Waals surface area contributed by atoms with Gasteiger partial charge in [0.1, 0.15) is 0 Å². The molecule has 1 aromatic heterocycles. The average Bonchev–Trinajstić information content (AvgIpc) is 2.80. The molecule has 0 atom stereocenters. The zero-order valence-corrected chi connectivity index (χ0v) is 10.2. The van der Waals surface area contributed by atoms with E-state index in [2.05, 4.69) is 58.2 Å². The Morgan fingerprint density at radius 2 is 2.00 bits per heavy atom. The number of nitrogens with one attached hydrogen (secondary N) is 1. The van der Waals surface area contributed by atoms with Gasteiger partial charge in [0.05, 0.1) is 0 Å². The van der Waals surface area contributed by atoms with Crippen molar-refractivity contribution in [2.24, 2.45) is 0 Å². The van der Waals surface area contributed by atoms with Crippen LogP contribution in [0.2, 0.25) is 0 Å². The summed E-state index contributed by atoms with van der Waals surface area (Å²) in [5.41, 5.74) is 2.60. The van der Waals surface area contributed by atoms with Crippen molar-refractivity contribution in [3.63, 3.8) is 0 Å². The van der Waals surface area contributed by atoms with Crippen LogP contribution in [0.1, 0.15) is 30.9 Å². The molecular formula is C11H14N4S. The van der Waals surface area contributed by atoms with Crippen LogP contribution in [0.4, 0.5) is 5.13 Å². The predicted molar refractivity (Wildman–Crippen MR) is 65.6 cm³/mol. The smallest absolute Gasteiger partial charge is 0.225 e. The molecule has 0 aliphatic heterocycles. The van der Waals surface area contributed by atoms with Gasteiger partial charge in [-0.1, -0.05) is 47.7 Å². The summed E-state index contributed by atoms with van der Waals surface area (Å²) in [5.74, 6) is 0.578. The molecule has 0 aliphatic carbocycles. The van der Waals surface area contributed by atoms with Crippen molar-refractivity contribution >= 4 is 16.7 Å². The fourth-order valence-electron chi connectivity index (χ4n) is 1.40. The lowest BCUT2D eigenvalue weighted by Crippen LogP contribution is -1.99. The summed E-state index contributed by atoms with van der Waals surface area (Å²) in [6, 6.07) is 8.60. The standard InChI is InChI=1S/C11H14N4S/c1-8(2)10-5-3-9(4-6-10)7-12-11-13-14-15-16-11/h3-6,8H,7H2,1-2H3,(H,12,13,15). The second kappa shape index (κ2) is 5.03. The van der Waals surface area contributed by atoms with Crippen molar-refractivity contribution in [3.05, 3.63) is 35.4 Å². The third-order valence-electron chi connectivity index (χ3n) is 2.39. The van der Waals surface area contributed by atoms with E-state index in [0.29, 0.717) is 5.92 Å². The minimum Gasteiger partial charge on any atom is -0.355 e. The Labute approximate surface area is 98.9 Å². The monoisotopic (exact) mass is 234 g/mol. The first kappa shape index (κ1) is 11.0. The molecule has 2 rings (SSSR count). The van der Waals surface area contributed by atoms with Crippen molar-refractivity contribution in [2.45, 2.75) is 26.3 Å². The van der Waals surface area contributed by atoms with Crippen molar-refractivity contribution in [1.29, 1.82) is 0 Å². The Morgan fingerprint density at radius 1 is 1.25 bits per heavy atom. The highest BCUT2D eigenvalue weighted by molar-refractivity contribution is 7.09. The highest BCUT2D eigenvalue weighted by atomic mass is 32.1. The lowest BCUT2D eigenvalue weighted by atomic mass is 10.0. The van der Waals surface area contributed by atoms with Gasteiger partial charge in [0.15, 0.2) is 0 Å². The first-order valence-electron chi connectivity index (χ1n) is 5.23. The highest BCUT2D eigenvalue weighted by Gasteiger charge is 2.00. The zero-order valence-electron chi connectivity index (χ0n) is 9.34. The topological polar surface area (TPSA) is 50.7 Å². The van der Waals surface area contributed by atoms with Gasteiger partial charge in [-0.3, -0.25) is 0 Å². The van der Waals surface area contributed by atoms with Gasteiger partial charge >= 0.3 is 0 Å². The number of hydrogen-bond acceptors (Lipinski definition) is 5. The summed E-state index contributed by atoms with van der Waals surface area (Å²) in [6.07, 6.45) is 0. The summed E-state index contributed by atoms with van der Waals surface area (Å²) >= 11 is 1.27. The average molecular weight is 234 g/mol. The molecule has 0 amide bonds. The molecule has 0 radical (unpaired) electrons.